The number of pyridine rings is 1. The second-order valence-electron chi connectivity index (χ2n) is 8.57. The van der Waals surface area contributed by atoms with Crippen molar-refractivity contribution >= 4 is 5.91 Å². The van der Waals surface area contributed by atoms with Gasteiger partial charge in [0.05, 0.1) is 6.61 Å². The first-order valence-electron chi connectivity index (χ1n) is 8.90. The van der Waals surface area contributed by atoms with E-state index in [1.54, 1.807) is 7.11 Å². The molecule has 4 rings (SSSR count). The molecule has 2 aliphatic carbocycles. The summed E-state index contributed by atoms with van der Waals surface area (Å²) in [4.78, 5) is 30.2. The van der Waals surface area contributed by atoms with E-state index in [1.807, 2.05) is 11.0 Å². The molecule has 1 aromatic rings. The lowest BCUT2D eigenvalue weighted by molar-refractivity contribution is -0.107. The number of rotatable bonds is 3. The number of fused-ring (bicyclic) bond motifs is 2. The van der Waals surface area contributed by atoms with Crippen LogP contribution in [0.25, 0.3) is 0 Å². The van der Waals surface area contributed by atoms with Crippen LogP contribution in [0.15, 0.2) is 10.9 Å². The summed E-state index contributed by atoms with van der Waals surface area (Å²) in [5, 5.41) is 0. The van der Waals surface area contributed by atoms with Crippen molar-refractivity contribution in [1.82, 2.24) is 9.88 Å². The standard InChI is InChI=1S/C19H26N2O3/c1-18(2)9-19(11-24-3)10-21(8-15(18)19)17(23)13-7-12-5-4-6-14(12)20-16(13)22/h7,15H,4-6,8-11H2,1-3H3,(H,20,22)/t15-,19-/m1/s1. The number of nitrogens with one attached hydrogen (secondary N) is 1. The minimum atomic E-state index is -0.236. The van der Waals surface area contributed by atoms with Crippen molar-refractivity contribution in [2.24, 2.45) is 16.7 Å². The molecule has 0 aromatic carbocycles. The Labute approximate surface area is 142 Å². The Morgan fingerprint density at radius 3 is 2.92 bits per heavy atom. The van der Waals surface area contributed by atoms with Gasteiger partial charge in [0.15, 0.2) is 0 Å². The van der Waals surface area contributed by atoms with Crippen molar-refractivity contribution in [3.63, 3.8) is 0 Å². The fraction of sp³-hybridized carbons (Fsp3) is 0.684. The van der Waals surface area contributed by atoms with Crippen molar-refractivity contribution < 1.29 is 9.53 Å². The van der Waals surface area contributed by atoms with Gasteiger partial charge in [0.2, 0.25) is 0 Å². The van der Waals surface area contributed by atoms with E-state index >= 15 is 0 Å². The molecule has 0 bridgehead atoms. The Morgan fingerprint density at radius 2 is 2.21 bits per heavy atom. The van der Waals surface area contributed by atoms with E-state index in [4.69, 9.17) is 4.74 Å². The molecule has 2 atom stereocenters. The van der Waals surface area contributed by atoms with Crippen LogP contribution in [0.3, 0.4) is 0 Å². The van der Waals surface area contributed by atoms with Gasteiger partial charge in [-0.1, -0.05) is 13.8 Å². The number of aromatic nitrogens is 1. The van der Waals surface area contributed by atoms with Crippen LogP contribution < -0.4 is 5.56 Å². The quantitative estimate of drug-likeness (QED) is 0.922. The predicted octanol–water partition coefficient (Wildman–Crippen LogP) is 2.00. The summed E-state index contributed by atoms with van der Waals surface area (Å²) in [6.45, 7) is 6.64. The SMILES string of the molecule is COC[C@@]12CN(C(=O)c3cc4c([nH]c3=O)CCC4)C[C@@H]1C(C)(C)C2. The maximum Gasteiger partial charge on any atom is 0.261 e. The molecule has 5 heteroatoms. The normalized spacial score (nSPS) is 30.0. The van der Waals surface area contributed by atoms with Crippen molar-refractivity contribution in [3.8, 4) is 0 Å². The van der Waals surface area contributed by atoms with Gasteiger partial charge < -0.3 is 14.6 Å². The molecule has 130 valence electrons. The molecular formula is C19H26N2O3. The number of H-pyrrole nitrogens is 1. The number of likely N-dealkylation sites (tertiary alicyclic amines) is 1. The van der Waals surface area contributed by atoms with Crippen LogP contribution in [0.5, 0.6) is 0 Å². The molecule has 5 nitrogen and oxygen atoms in total. The van der Waals surface area contributed by atoms with E-state index in [0.717, 1.165) is 43.5 Å². The van der Waals surface area contributed by atoms with Crippen molar-refractivity contribution in [3.05, 3.63) is 33.2 Å². The van der Waals surface area contributed by atoms with E-state index in [1.165, 1.54) is 0 Å². The zero-order valence-electron chi connectivity index (χ0n) is 14.8. The van der Waals surface area contributed by atoms with Crippen LogP contribution in [0.2, 0.25) is 0 Å². The number of carbonyl (C=O) groups excluding carboxylic acids is 1. The number of aromatic amines is 1. The first kappa shape index (κ1) is 15.9. The largest absolute Gasteiger partial charge is 0.384 e. The first-order chi connectivity index (χ1) is 11.4. The van der Waals surface area contributed by atoms with E-state index in [0.29, 0.717) is 24.6 Å². The highest BCUT2D eigenvalue weighted by molar-refractivity contribution is 5.94. The summed E-state index contributed by atoms with van der Waals surface area (Å²) in [5.74, 6) is 0.328. The monoisotopic (exact) mass is 330 g/mol. The van der Waals surface area contributed by atoms with Gasteiger partial charge in [0, 0.05) is 31.3 Å². The van der Waals surface area contributed by atoms with Gasteiger partial charge in [-0.2, -0.15) is 0 Å². The number of ether oxygens (including phenoxy) is 1. The number of carbonyl (C=O) groups is 1. The smallest absolute Gasteiger partial charge is 0.261 e. The average Bonchev–Trinajstić information content (AvgIpc) is 3.08. The molecule has 0 unspecified atom stereocenters. The fourth-order valence-corrected chi connectivity index (χ4v) is 5.61. The molecule has 1 saturated heterocycles. The van der Waals surface area contributed by atoms with E-state index in [-0.39, 0.29) is 22.3 Å². The number of nitrogens with zero attached hydrogens (tertiary/aromatic N) is 1. The van der Waals surface area contributed by atoms with Gasteiger partial charge in [0.1, 0.15) is 5.56 Å². The van der Waals surface area contributed by atoms with Crippen molar-refractivity contribution in [2.75, 3.05) is 26.8 Å². The third-order valence-electron chi connectivity index (χ3n) is 6.44. The summed E-state index contributed by atoms with van der Waals surface area (Å²) in [6, 6.07) is 1.83. The van der Waals surface area contributed by atoms with Crippen LogP contribution in [-0.4, -0.2) is 42.6 Å². The third-order valence-corrected chi connectivity index (χ3v) is 6.44. The summed E-state index contributed by atoms with van der Waals surface area (Å²) < 4.78 is 5.46. The van der Waals surface area contributed by atoms with E-state index < -0.39 is 0 Å². The summed E-state index contributed by atoms with van der Waals surface area (Å²) in [5.41, 5.74) is 2.51. The molecular weight excluding hydrogens is 304 g/mol. The number of amides is 1. The molecule has 24 heavy (non-hydrogen) atoms. The molecule has 1 saturated carbocycles. The zero-order valence-corrected chi connectivity index (χ0v) is 14.8. The predicted molar refractivity (Wildman–Crippen MR) is 91.2 cm³/mol. The first-order valence-corrected chi connectivity index (χ1v) is 8.90. The molecule has 0 spiro atoms. The van der Waals surface area contributed by atoms with E-state index in [2.05, 4.69) is 18.8 Å². The van der Waals surface area contributed by atoms with Crippen LogP contribution >= 0.6 is 0 Å². The second-order valence-corrected chi connectivity index (χ2v) is 8.57. The number of hydrogen-bond acceptors (Lipinski definition) is 3. The summed E-state index contributed by atoms with van der Waals surface area (Å²) in [7, 11) is 1.73. The Balaban J connectivity index is 1.61. The average molecular weight is 330 g/mol. The lowest BCUT2D eigenvalue weighted by atomic mass is 9.48. The highest BCUT2D eigenvalue weighted by atomic mass is 16.5. The third kappa shape index (κ3) is 2.17. The van der Waals surface area contributed by atoms with Crippen LogP contribution in [-0.2, 0) is 17.6 Å². The molecule has 1 aromatic heterocycles. The van der Waals surface area contributed by atoms with E-state index in [9.17, 15) is 9.59 Å². The van der Waals surface area contributed by atoms with Crippen molar-refractivity contribution in [2.45, 2.75) is 39.5 Å². The van der Waals surface area contributed by atoms with Gasteiger partial charge in [-0.25, -0.2) is 0 Å². The Bertz CT molecular complexity index is 751. The molecule has 2 fully saturated rings. The summed E-state index contributed by atoms with van der Waals surface area (Å²) in [6.07, 6.45) is 3.99. The van der Waals surface area contributed by atoms with Gasteiger partial charge in [0.25, 0.3) is 11.5 Å². The number of methoxy groups -OCH3 is 1. The van der Waals surface area contributed by atoms with Gasteiger partial charge in [-0.05, 0) is 48.6 Å². The lowest BCUT2D eigenvalue weighted by Crippen LogP contribution is -2.55. The maximum absolute atomic E-state index is 13.0. The lowest BCUT2D eigenvalue weighted by Gasteiger charge is -2.56. The van der Waals surface area contributed by atoms with Crippen LogP contribution in [0.1, 0.15) is 48.3 Å². The highest BCUT2D eigenvalue weighted by Crippen LogP contribution is 2.62. The van der Waals surface area contributed by atoms with Crippen LogP contribution in [0.4, 0.5) is 0 Å². The zero-order chi connectivity index (χ0) is 17.1. The highest BCUT2D eigenvalue weighted by Gasteiger charge is 2.63. The van der Waals surface area contributed by atoms with Crippen molar-refractivity contribution in [1.29, 1.82) is 0 Å². The van der Waals surface area contributed by atoms with Gasteiger partial charge >= 0.3 is 0 Å². The Hall–Kier alpha value is -1.62. The van der Waals surface area contributed by atoms with Crippen LogP contribution in [0, 0.1) is 16.7 Å². The molecule has 1 aliphatic heterocycles. The van der Waals surface area contributed by atoms with Gasteiger partial charge in [-0.3, -0.25) is 9.59 Å². The number of aryl methyl sites for hydroxylation is 2. The minimum absolute atomic E-state index is 0.0669. The maximum atomic E-state index is 13.0. The molecule has 1 N–H and O–H groups in total. The second kappa shape index (κ2) is 5.19. The van der Waals surface area contributed by atoms with Gasteiger partial charge in [-0.15, -0.1) is 0 Å². The Kier molecular flexibility index (Phi) is 3.43. The molecule has 3 aliphatic rings. The topological polar surface area (TPSA) is 62.4 Å². The number of hydrogen-bond donors (Lipinski definition) is 1. The molecule has 1 amide bonds. The molecule has 0 radical (unpaired) electrons. The Morgan fingerprint density at radius 1 is 1.42 bits per heavy atom. The minimum Gasteiger partial charge on any atom is -0.384 e. The molecule has 2 heterocycles. The fourth-order valence-electron chi connectivity index (χ4n) is 5.61. The summed E-state index contributed by atoms with van der Waals surface area (Å²) >= 11 is 0.